The van der Waals surface area contributed by atoms with Crippen LogP contribution in [0.25, 0.3) is 0 Å². The average molecular weight is 277 g/mol. The lowest BCUT2D eigenvalue weighted by atomic mass is 10.1. The Hall–Kier alpha value is -1.55. The average Bonchev–Trinajstić information content (AvgIpc) is 2.52. The van der Waals surface area contributed by atoms with E-state index in [0.717, 1.165) is 13.0 Å². The fraction of sp³-hybridized carbons (Fsp3) is 0.562. The zero-order chi connectivity index (χ0) is 14.2. The summed E-state index contributed by atoms with van der Waals surface area (Å²) < 4.78 is 10.4. The predicted molar refractivity (Wildman–Crippen MR) is 78.2 cm³/mol. The highest BCUT2D eigenvalue weighted by molar-refractivity contribution is 5.89. The van der Waals surface area contributed by atoms with Crippen LogP contribution >= 0.6 is 0 Å². The fourth-order valence-corrected chi connectivity index (χ4v) is 2.47. The van der Waals surface area contributed by atoms with Crippen LogP contribution in [0, 0.1) is 0 Å². The van der Waals surface area contributed by atoms with Gasteiger partial charge < -0.3 is 14.4 Å². The molecule has 0 unspecified atom stereocenters. The monoisotopic (exact) mass is 277 g/mol. The molecule has 0 spiro atoms. The van der Waals surface area contributed by atoms with Crippen molar-refractivity contribution in [1.29, 1.82) is 0 Å². The zero-order valence-corrected chi connectivity index (χ0v) is 12.1. The van der Waals surface area contributed by atoms with Gasteiger partial charge in [-0.05, 0) is 50.6 Å². The highest BCUT2D eigenvalue weighted by atomic mass is 16.5. The predicted octanol–water partition coefficient (Wildman–Crippen LogP) is 2.73. The summed E-state index contributed by atoms with van der Waals surface area (Å²) >= 11 is 0. The molecular formula is C16H23NO3. The Morgan fingerprint density at radius 1 is 1.25 bits per heavy atom. The summed E-state index contributed by atoms with van der Waals surface area (Å²) in [7, 11) is 1.59. The van der Waals surface area contributed by atoms with E-state index in [0.29, 0.717) is 17.9 Å². The van der Waals surface area contributed by atoms with Gasteiger partial charge in [-0.2, -0.15) is 0 Å². The smallest absolute Gasteiger partial charge is 0.338 e. The molecule has 0 aromatic heterocycles. The highest BCUT2D eigenvalue weighted by Gasteiger charge is 2.11. The first-order valence-electron chi connectivity index (χ1n) is 7.33. The Balaban J connectivity index is 1.69. The molecule has 0 radical (unpaired) electrons. The number of rotatable bonds is 6. The second kappa shape index (κ2) is 7.90. The highest BCUT2D eigenvalue weighted by Crippen LogP contribution is 2.13. The summed E-state index contributed by atoms with van der Waals surface area (Å²) in [6.45, 7) is 3.87. The van der Waals surface area contributed by atoms with Crippen LogP contribution in [0.4, 0.5) is 0 Å². The van der Waals surface area contributed by atoms with Crippen LogP contribution < -0.4 is 4.74 Å². The lowest BCUT2D eigenvalue weighted by molar-refractivity contribution is 0.0485. The number of likely N-dealkylation sites (tertiary alicyclic amines) is 1. The summed E-state index contributed by atoms with van der Waals surface area (Å²) in [4.78, 5) is 14.3. The topological polar surface area (TPSA) is 38.8 Å². The molecule has 20 heavy (non-hydrogen) atoms. The Labute approximate surface area is 120 Å². The van der Waals surface area contributed by atoms with E-state index in [1.54, 1.807) is 25.3 Å². The molecule has 0 aliphatic carbocycles. The van der Waals surface area contributed by atoms with Crippen molar-refractivity contribution in [3.8, 4) is 5.75 Å². The van der Waals surface area contributed by atoms with Crippen LogP contribution in [0.1, 0.15) is 36.0 Å². The molecule has 0 N–H and O–H groups in total. The van der Waals surface area contributed by atoms with Gasteiger partial charge in [0.2, 0.25) is 0 Å². The van der Waals surface area contributed by atoms with Crippen LogP contribution in [0.2, 0.25) is 0 Å². The lowest BCUT2D eigenvalue weighted by Gasteiger charge is -2.26. The third-order valence-electron chi connectivity index (χ3n) is 3.61. The van der Waals surface area contributed by atoms with Gasteiger partial charge in [-0.1, -0.05) is 12.5 Å². The number of nitrogens with zero attached hydrogens (tertiary/aromatic N) is 1. The second-order valence-corrected chi connectivity index (χ2v) is 5.12. The minimum Gasteiger partial charge on any atom is -0.497 e. The Morgan fingerprint density at radius 2 is 2.05 bits per heavy atom. The third-order valence-corrected chi connectivity index (χ3v) is 3.61. The van der Waals surface area contributed by atoms with Crippen molar-refractivity contribution < 1.29 is 14.3 Å². The molecular weight excluding hydrogens is 254 g/mol. The second-order valence-electron chi connectivity index (χ2n) is 5.12. The van der Waals surface area contributed by atoms with Crippen molar-refractivity contribution in [2.45, 2.75) is 25.7 Å². The van der Waals surface area contributed by atoms with Gasteiger partial charge in [0.15, 0.2) is 0 Å². The first-order valence-corrected chi connectivity index (χ1v) is 7.33. The molecule has 0 saturated carbocycles. The van der Waals surface area contributed by atoms with E-state index in [9.17, 15) is 4.79 Å². The zero-order valence-electron chi connectivity index (χ0n) is 12.1. The summed E-state index contributed by atoms with van der Waals surface area (Å²) in [5.74, 6) is 0.398. The van der Waals surface area contributed by atoms with Gasteiger partial charge in [-0.3, -0.25) is 0 Å². The van der Waals surface area contributed by atoms with Crippen molar-refractivity contribution in [3.05, 3.63) is 29.8 Å². The Kier molecular flexibility index (Phi) is 5.87. The summed E-state index contributed by atoms with van der Waals surface area (Å²) in [6, 6.07) is 7.05. The van der Waals surface area contributed by atoms with E-state index in [1.807, 2.05) is 6.07 Å². The lowest BCUT2D eigenvalue weighted by Crippen LogP contribution is -2.31. The number of ether oxygens (including phenoxy) is 2. The minimum absolute atomic E-state index is 0.275. The van der Waals surface area contributed by atoms with Gasteiger partial charge in [0.05, 0.1) is 19.3 Å². The summed E-state index contributed by atoms with van der Waals surface area (Å²) in [5.41, 5.74) is 0.544. The van der Waals surface area contributed by atoms with E-state index >= 15 is 0 Å². The van der Waals surface area contributed by atoms with Crippen molar-refractivity contribution in [2.75, 3.05) is 33.4 Å². The first kappa shape index (κ1) is 14.9. The number of benzene rings is 1. The van der Waals surface area contributed by atoms with Crippen molar-refractivity contribution in [2.24, 2.45) is 0 Å². The number of methoxy groups -OCH3 is 1. The molecule has 1 aliphatic heterocycles. The quantitative estimate of drug-likeness (QED) is 0.592. The van der Waals surface area contributed by atoms with Crippen molar-refractivity contribution in [3.63, 3.8) is 0 Å². The number of carbonyl (C=O) groups excluding carboxylic acids is 1. The molecule has 1 fully saturated rings. The molecule has 1 heterocycles. The molecule has 1 aromatic rings. The van der Waals surface area contributed by atoms with Crippen LogP contribution in [-0.4, -0.2) is 44.2 Å². The van der Waals surface area contributed by atoms with Gasteiger partial charge in [-0.25, -0.2) is 4.79 Å². The fourth-order valence-electron chi connectivity index (χ4n) is 2.47. The standard InChI is InChI=1S/C16H23NO3/c1-19-15-8-5-7-14(13-15)16(18)20-12-6-11-17-9-3-2-4-10-17/h5,7-8,13H,2-4,6,9-12H2,1H3. The summed E-state index contributed by atoms with van der Waals surface area (Å²) in [5, 5.41) is 0. The molecule has 0 amide bonds. The van der Waals surface area contributed by atoms with Crippen LogP contribution in [0.3, 0.4) is 0 Å². The van der Waals surface area contributed by atoms with E-state index in [4.69, 9.17) is 9.47 Å². The van der Waals surface area contributed by atoms with Crippen LogP contribution in [-0.2, 0) is 4.74 Å². The van der Waals surface area contributed by atoms with Gasteiger partial charge in [-0.15, -0.1) is 0 Å². The SMILES string of the molecule is COc1cccc(C(=O)OCCCN2CCCCC2)c1. The van der Waals surface area contributed by atoms with Crippen LogP contribution in [0.15, 0.2) is 24.3 Å². The van der Waals surface area contributed by atoms with E-state index in [1.165, 1.54) is 32.4 Å². The van der Waals surface area contributed by atoms with Gasteiger partial charge in [0.1, 0.15) is 5.75 Å². The summed E-state index contributed by atoms with van der Waals surface area (Å²) in [6.07, 6.45) is 4.84. The molecule has 1 aromatic carbocycles. The number of piperidine rings is 1. The van der Waals surface area contributed by atoms with Crippen molar-refractivity contribution >= 4 is 5.97 Å². The number of hydrogen-bond acceptors (Lipinski definition) is 4. The Bertz CT molecular complexity index is 427. The Morgan fingerprint density at radius 3 is 2.80 bits per heavy atom. The maximum atomic E-state index is 11.9. The third kappa shape index (κ3) is 4.53. The van der Waals surface area contributed by atoms with Gasteiger partial charge >= 0.3 is 5.97 Å². The van der Waals surface area contributed by atoms with E-state index < -0.39 is 0 Å². The molecule has 110 valence electrons. The molecule has 4 nitrogen and oxygen atoms in total. The van der Waals surface area contributed by atoms with Crippen LogP contribution in [0.5, 0.6) is 5.75 Å². The van der Waals surface area contributed by atoms with E-state index in [-0.39, 0.29) is 5.97 Å². The molecule has 2 rings (SSSR count). The number of esters is 1. The van der Waals surface area contributed by atoms with Gasteiger partial charge in [0.25, 0.3) is 0 Å². The maximum absolute atomic E-state index is 11.9. The largest absolute Gasteiger partial charge is 0.497 e. The first-order chi connectivity index (χ1) is 9.79. The molecule has 0 atom stereocenters. The number of carbonyl (C=O) groups is 1. The van der Waals surface area contributed by atoms with Crippen molar-refractivity contribution in [1.82, 2.24) is 4.90 Å². The molecule has 4 heteroatoms. The molecule has 1 saturated heterocycles. The van der Waals surface area contributed by atoms with Gasteiger partial charge in [0, 0.05) is 6.54 Å². The molecule has 0 bridgehead atoms. The van der Waals surface area contributed by atoms with E-state index in [2.05, 4.69) is 4.90 Å². The normalized spacial score (nSPS) is 15.8. The maximum Gasteiger partial charge on any atom is 0.338 e. The number of hydrogen-bond donors (Lipinski definition) is 0. The minimum atomic E-state index is -0.275. The molecule has 1 aliphatic rings.